The lowest BCUT2D eigenvalue weighted by molar-refractivity contribution is -0.146. The van der Waals surface area contributed by atoms with Crippen LogP contribution in [0.4, 0.5) is 11.5 Å². The van der Waals surface area contributed by atoms with E-state index in [9.17, 15) is 9.59 Å². The van der Waals surface area contributed by atoms with Crippen molar-refractivity contribution >= 4 is 23.3 Å². The third-order valence-electron chi connectivity index (χ3n) is 5.78. The third kappa shape index (κ3) is 4.42. The molecule has 0 bridgehead atoms. The van der Waals surface area contributed by atoms with Crippen LogP contribution in [0.2, 0.25) is 0 Å². The second-order valence-corrected chi connectivity index (χ2v) is 8.15. The number of nitrogens with one attached hydrogen (secondary N) is 2. The minimum Gasteiger partial charge on any atom is -0.383 e. The normalized spacial score (nSPS) is 18.6. The van der Waals surface area contributed by atoms with Crippen molar-refractivity contribution in [2.24, 2.45) is 5.92 Å². The molecule has 3 aromatic rings. The Labute approximate surface area is 180 Å². The van der Waals surface area contributed by atoms with Gasteiger partial charge in [-0.2, -0.15) is 5.10 Å². The average molecular weight is 419 g/mol. The number of anilines is 2. The van der Waals surface area contributed by atoms with Gasteiger partial charge < -0.3 is 16.0 Å². The number of H-pyrrole nitrogens is 1. The number of rotatable bonds is 3. The number of likely N-dealkylation sites (tertiary alicyclic amines) is 1. The number of carbonyl (C=O) groups excluding carboxylic acids is 2. The molecule has 1 saturated heterocycles. The summed E-state index contributed by atoms with van der Waals surface area (Å²) in [6, 6.07) is 9.65. The van der Waals surface area contributed by atoms with E-state index in [4.69, 9.17) is 5.73 Å². The molecule has 4 N–H and O–H groups in total. The molecule has 3 heterocycles. The number of aromatic nitrogens is 3. The van der Waals surface area contributed by atoms with Gasteiger partial charge in [0.1, 0.15) is 5.82 Å². The lowest BCUT2D eigenvalue weighted by Gasteiger charge is -2.38. The first kappa shape index (κ1) is 20.6. The molecule has 0 aliphatic carbocycles. The van der Waals surface area contributed by atoms with Gasteiger partial charge in [-0.3, -0.25) is 14.7 Å². The summed E-state index contributed by atoms with van der Waals surface area (Å²) in [5.74, 6) is -0.475. The lowest BCUT2D eigenvalue weighted by atomic mass is 9.89. The van der Waals surface area contributed by atoms with Gasteiger partial charge in [0.2, 0.25) is 0 Å². The number of nitrogens with zero attached hydrogens (tertiary/aromatic N) is 3. The number of hydrogen-bond acceptors (Lipinski definition) is 5. The minimum absolute atomic E-state index is 0.140. The summed E-state index contributed by atoms with van der Waals surface area (Å²) in [6.45, 7) is 4.44. The summed E-state index contributed by atoms with van der Waals surface area (Å²) in [6.07, 6.45) is 6.88. The number of carbonyl (C=O) groups is 2. The number of aryl methyl sites for hydroxylation is 1. The average Bonchev–Trinajstić information content (AvgIpc) is 3.31. The van der Waals surface area contributed by atoms with Crippen molar-refractivity contribution in [3.8, 4) is 11.1 Å². The molecule has 160 valence electrons. The number of benzene rings is 1. The van der Waals surface area contributed by atoms with Crippen LogP contribution >= 0.6 is 0 Å². The molecule has 8 nitrogen and oxygen atoms in total. The van der Waals surface area contributed by atoms with E-state index in [0.717, 1.165) is 35.1 Å². The number of piperidine rings is 1. The van der Waals surface area contributed by atoms with E-state index in [1.165, 1.54) is 6.20 Å². The highest BCUT2D eigenvalue weighted by atomic mass is 16.2. The fourth-order valence-electron chi connectivity index (χ4n) is 4.00. The Bertz CT molecular complexity index is 1080. The summed E-state index contributed by atoms with van der Waals surface area (Å²) < 4.78 is 0. The Morgan fingerprint density at radius 2 is 1.94 bits per heavy atom. The highest BCUT2D eigenvalue weighted by Crippen LogP contribution is 2.34. The van der Waals surface area contributed by atoms with Crippen molar-refractivity contribution in [1.82, 2.24) is 20.1 Å². The number of hydrogen-bond donors (Lipinski definition) is 3. The van der Waals surface area contributed by atoms with Gasteiger partial charge in [-0.25, -0.2) is 4.98 Å². The van der Waals surface area contributed by atoms with Crippen LogP contribution in [-0.4, -0.2) is 38.4 Å². The summed E-state index contributed by atoms with van der Waals surface area (Å²) in [7, 11) is 0. The van der Waals surface area contributed by atoms with Crippen LogP contribution in [0.3, 0.4) is 0 Å². The summed E-state index contributed by atoms with van der Waals surface area (Å²) >= 11 is 0. The molecule has 2 amide bonds. The monoisotopic (exact) mass is 418 g/mol. The third-order valence-corrected chi connectivity index (χ3v) is 5.78. The molecule has 0 unspecified atom stereocenters. The molecule has 2 aromatic heterocycles. The molecule has 1 fully saturated rings. The second-order valence-electron chi connectivity index (χ2n) is 8.15. The molecule has 0 radical (unpaired) electrons. The molecule has 0 saturated carbocycles. The zero-order chi connectivity index (χ0) is 22.0. The van der Waals surface area contributed by atoms with Crippen molar-refractivity contribution in [3.63, 3.8) is 0 Å². The van der Waals surface area contributed by atoms with E-state index in [1.54, 1.807) is 24.1 Å². The zero-order valence-corrected chi connectivity index (χ0v) is 17.6. The molecule has 1 aromatic carbocycles. The van der Waals surface area contributed by atoms with Gasteiger partial charge in [-0.05, 0) is 48.4 Å². The predicted molar refractivity (Wildman–Crippen MR) is 119 cm³/mol. The number of nitrogen functional groups attached to an aromatic ring is 1. The molecule has 1 aliphatic rings. The van der Waals surface area contributed by atoms with E-state index in [1.807, 2.05) is 30.5 Å². The fraction of sp³-hybridized carbons (Fsp3) is 0.304. The van der Waals surface area contributed by atoms with Crippen LogP contribution < -0.4 is 11.1 Å². The van der Waals surface area contributed by atoms with E-state index in [-0.39, 0.29) is 6.04 Å². The minimum atomic E-state index is -0.667. The maximum atomic E-state index is 13.1. The van der Waals surface area contributed by atoms with Crippen molar-refractivity contribution in [3.05, 3.63) is 60.0 Å². The Kier molecular flexibility index (Phi) is 5.70. The van der Waals surface area contributed by atoms with Crippen LogP contribution in [0.5, 0.6) is 0 Å². The Morgan fingerprint density at radius 1 is 1.16 bits per heavy atom. The Hall–Kier alpha value is -3.68. The molecule has 1 aliphatic heterocycles. The molecule has 31 heavy (non-hydrogen) atoms. The fourth-order valence-corrected chi connectivity index (χ4v) is 4.00. The van der Waals surface area contributed by atoms with Crippen molar-refractivity contribution < 1.29 is 9.59 Å². The predicted octanol–water partition coefficient (Wildman–Crippen LogP) is 3.30. The summed E-state index contributed by atoms with van der Waals surface area (Å²) in [5.41, 5.74) is 10.00. The number of pyridine rings is 1. The van der Waals surface area contributed by atoms with Crippen LogP contribution in [-0.2, 0) is 9.59 Å². The topological polar surface area (TPSA) is 117 Å². The highest BCUT2D eigenvalue weighted by molar-refractivity contribution is 6.39. The Balaban J connectivity index is 1.53. The molecule has 2 atom stereocenters. The van der Waals surface area contributed by atoms with Gasteiger partial charge >= 0.3 is 11.8 Å². The van der Waals surface area contributed by atoms with E-state index >= 15 is 0 Å². The van der Waals surface area contributed by atoms with Crippen molar-refractivity contribution in [2.45, 2.75) is 32.7 Å². The highest BCUT2D eigenvalue weighted by Gasteiger charge is 2.34. The first-order chi connectivity index (χ1) is 14.9. The van der Waals surface area contributed by atoms with Gasteiger partial charge in [0, 0.05) is 18.3 Å². The van der Waals surface area contributed by atoms with Gasteiger partial charge in [0.15, 0.2) is 0 Å². The largest absolute Gasteiger partial charge is 0.383 e. The second kappa shape index (κ2) is 8.59. The summed E-state index contributed by atoms with van der Waals surface area (Å²) in [5, 5.41) is 9.46. The van der Waals surface area contributed by atoms with Gasteiger partial charge in [-0.1, -0.05) is 31.2 Å². The quantitative estimate of drug-likeness (QED) is 0.564. The number of nitrogens with two attached hydrogens (primary N) is 1. The van der Waals surface area contributed by atoms with Gasteiger partial charge in [-0.15, -0.1) is 0 Å². The van der Waals surface area contributed by atoms with Gasteiger partial charge in [0.25, 0.3) is 0 Å². The zero-order valence-electron chi connectivity index (χ0n) is 17.6. The smallest absolute Gasteiger partial charge is 0.313 e. The van der Waals surface area contributed by atoms with Crippen LogP contribution in [0.25, 0.3) is 11.1 Å². The van der Waals surface area contributed by atoms with E-state index in [2.05, 4.69) is 27.4 Å². The van der Waals surface area contributed by atoms with Crippen LogP contribution in [0, 0.1) is 12.8 Å². The Morgan fingerprint density at radius 3 is 2.61 bits per heavy atom. The lowest BCUT2D eigenvalue weighted by Crippen LogP contribution is -2.46. The van der Waals surface area contributed by atoms with Crippen LogP contribution in [0.1, 0.15) is 36.9 Å². The maximum absolute atomic E-state index is 13.1. The molecular weight excluding hydrogens is 392 g/mol. The number of aromatic amines is 1. The summed E-state index contributed by atoms with van der Waals surface area (Å²) in [4.78, 5) is 31.6. The molecular formula is C23H26N6O2. The first-order valence-corrected chi connectivity index (χ1v) is 10.4. The van der Waals surface area contributed by atoms with E-state index in [0.29, 0.717) is 24.0 Å². The SMILES string of the molecule is Cc1cc(NC(=O)C(=O)N2C[C@H](C)CC[C@H]2c2ccc(-c3cn[nH]c3)cc2)cnc1N. The molecule has 4 rings (SSSR count). The van der Waals surface area contributed by atoms with Gasteiger partial charge in [0.05, 0.1) is 24.1 Å². The standard InChI is InChI=1S/C23H26N6O2/c1-14-3-8-20(17-6-4-16(5-7-17)18-10-26-27-11-18)29(13-14)23(31)22(30)28-19-9-15(2)21(24)25-12-19/h4-7,9-12,14,20H,3,8,13H2,1-2H3,(H2,24,25)(H,26,27)(H,28,30)/t14-,20+/m1/s1. The van der Waals surface area contributed by atoms with E-state index < -0.39 is 11.8 Å². The van der Waals surface area contributed by atoms with Crippen LogP contribution in [0.15, 0.2) is 48.9 Å². The first-order valence-electron chi connectivity index (χ1n) is 10.4. The number of amides is 2. The van der Waals surface area contributed by atoms with Crippen molar-refractivity contribution in [1.29, 1.82) is 0 Å². The maximum Gasteiger partial charge on any atom is 0.313 e. The van der Waals surface area contributed by atoms with Crippen molar-refractivity contribution in [2.75, 3.05) is 17.6 Å². The molecule has 0 spiro atoms. The molecule has 8 heteroatoms.